The van der Waals surface area contributed by atoms with Gasteiger partial charge in [0.15, 0.2) is 0 Å². The number of hydrogen-bond donors (Lipinski definition) is 1. The number of para-hydroxylation sites is 1. The second-order valence-electron chi connectivity index (χ2n) is 4.85. The van der Waals surface area contributed by atoms with Crippen molar-refractivity contribution in [3.63, 3.8) is 0 Å². The number of benzene rings is 1. The Morgan fingerprint density at radius 1 is 1.38 bits per heavy atom. The first-order chi connectivity index (χ1) is 7.72. The van der Waals surface area contributed by atoms with E-state index in [2.05, 4.69) is 55.3 Å². The van der Waals surface area contributed by atoms with Gasteiger partial charge in [-0.15, -0.1) is 0 Å². The highest BCUT2D eigenvalue weighted by molar-refractivity contribution is 5.56. The van der Waals surface area contributed by atoms with Crippen LogP contribution in [0.25, 0.3) is 0 Å². The first-order valence-corrected chi connectivity index (χ1v) is 6.29. The molecule has 0 radical (unpaired) electrons. The summed E-state index contributed by atoms with van der Waals surface area (Å²) in [4.78, 5) is 2.48. The van der Waals surface area contributed by atoms with Crippen molar-refractivity contribution < 1.29 is 0 Å². The van der Waals surface area contributed by atoms with Crippen LogP contribution in [0, 0.1) is 5.92 Å². The standard InChI is InChI=1S/C14H22N2/c1-4-15-12(3)13-7-5-6-8-14(13)16-9-11(2)10-16/h5-8,11-12,15H,4,9-10H2,1-3H3. The summed E-state index contributed by atoms with van der Waals surface area (Å²) in [6.07, 6.45) is 0. The van der Waals surface area contributed by atoms with E-state index in [-0.39, 0.29) is 0 Å². The second-order valence-corrected chi connectivity index (χ2v) is 4.85. The van der Waals surface area contributed by atoms with Crippen molar-refractivity contribution in [1.82, 2.24) is 5.32 Å². The molecule has 1 aliphatic rings. The van der Waals surface area contributed by atoms with Gasteiger partial charge in [-0.2, -0.15) is 0 Å². The molecule has 1 unspecified atom stereocenters. The van der Waals surface area contributed by atoms with Crippen LogP contribution in [0.3, 0.4) is 0 Å². The third kappa shape index (κ3) is 2.22. The van der Waals surface area contributed by atoms with Crippen LogP contribution in [0.4, 0.5) is 5.69 Å². The van der Waals surface area contributed by atoms with Crippen LogP contribution >= 0.6 is 0 Å². The SMILES string of the molecule is CCNC(C)c1ccccc1N1CC(C)C1. The van der Waals surface area contributed by atoms with Gasteiger partial charge in [-0.05, 0) is 31.0 Å². The third-order valence-corrected chi connectivity index (χ3v) is 3.32. The highest BCUT2D eigenvalue weighted by Crippen LogP contribution is 2.31. The number of rotatable bonds is 4. The predicted molar refractivity (Wildman–Crippen MR) is 69.9 cm³/mol. The molecule has 0 bridgehead atoms. The zero-order valence-corrected chi connectivity index (χ0v) is 10.5. The molecule has 0 saturated carbocycles. The van der Waals surface area contributed by atoms with Gasteiger partial charge in [0, 0.05) is 24.8 Å². The summed E-state index contributed by atoms with van der Waals surface area (Å²) >= 11 is 0. The molecule has 88 valence electrons. The molecule has 1 fully saturated rings. The van der Waals surface area contributed by atoms with Crippen LogP contribution in [0.1, 0.15) is 32.4 Å². The molecule has 16 heavy (non-hydrogen) atoms. The molecular formula is C14H22N2. The maximum absolute atomic E-state index is 3.49. The zero-order chi connectivity index (χ0) is 11.5. The van der Waals surface area contributed by atoms with E-state index in [1.54, 1.807) is 0 Å². The van der Waals surface area contributed by atoms with Crippen LogP contribution in [0.2, 0.25) is 0 Å². The van der Waals surface area contributed by atoms with Crippen LogP contribution in [0.5, 0.6) is 0 Å². The molecule has 1 saturated heterocycles. The summed E-state index contributed by atoms with van der Waals surface area (Å²) in [5.41, 5.74) is 2.84. The molecule has 0 aliphatic carbocycles. The molecule has 1 N–H and O–H groups in total. The van der Waals surface area contributed by atoms with Gasteiger partial charge < -0.3 is 10.2 Å². The number of nitrogens with zero attached hydrogens (tertiary/aromatic N) is 1. The van der Waals surface area contributed by atoms with Gasteiger partial charge in [0.25, 0.3) is 0 Å². The Morgan fingerprint density at radius 2 is 2.06 bits per heavy atom. The largest absolute Gasteiger partial charge is 0.371 e. The lowest BCUT2D eigenvalue weighted by Crippen LogP contribution is -2.45. The topological polar surface area (TPSA) is 15.3 Å². The smallest absolute Gasteiger partial charge is 0.0414 e. The van der Waals surface area contributed by atoms with E-state index in [0.717, 1.165) is 12.5 Å². The molecule has 1 atom stereocenters. The Balaban J connectivity index is 2.17. The van der Waals surface area contributed by atoms with Crippen LogP contribution in [-0.2, 0) is 0 Å². The van der Waals surface area contributed by atoms with E-state index in [4.69, 9.17) is 0 Å². The fourth-order valence-corrected chi connectivity index (χ4v) is 2.45. The minimum Gasteiger partial charge on any atom is -0.371 e. The monoisotopic (exact) mass is 218 g/mol. The molecule has 1 aromatic rings. The lowest BCUT2D eigenvalue weighted by Gasteiger charge is -2.41. The normalized spacial score (nSPS) is 18.3. The van der Waals surface area contributed by atoms with Crippen molar-refractivity contribution in [2.24, 2.45) is 5.92 Å². The van der Waals surface area contributed by atoms with E-state index in [9.17, 15) is 0 Å². The van der Waals surface area contributed by atoms with Gasteiger partial charge in [-0.25, -0.2) is 0 Å². The Kier molecular flexibility index (Phi) is 3.49. The minimum atomic E-state index is 0.442. The lowest BCUT2D eigenvalue weighted by molar-refractivity contribution is 0.444. The maximum Gasteiger partial charge on any atom is 0.0414 e. The van der Waals surface area contributed by atoms with Crippen molar-refractivity contribution in [2.75, 3.05) is 24.5 Å². The van der Waals surface area contributed by atoms with Crippen molar-refractivity contribution in [1.29, 1.82) is 0 Å². The third-order valence-electron chi connectivity index (χ3n) is 3.32. The van der Waals surface area contributed by atoms with Gasteiger partial charge >= 0.3 is 0 Å². The molecule has 2 heteroatoms. The van der Waals surface area contributed by atoms with Gasteiger partial charge in [0.05, 0.1) is 0 Å². The highest BCUT2D eigenvalue weighted by atomic mass is 15.2. The van der Waals surface area contributed by atoms with E-state index in [1.807, 2.05) is 0 Å². The fourth-order valence-electron chi connectivity index (χ4n) is 2.45. The first kappa shape index (κ1) is 11.5. The van der Waals surface area contributed by atoms with Crippen molar-refractivity contribution in [3.8, 4) is 0 Å². The van der Waals surface area contributed by atoms with E-state index < -0.39 is 0 Å². The first-order valence-electron chi connectivity index (χ1n) is 6.29. The van der Waals surface area contributed by atoms with Gasteiger partial charge in [0.1, 0.15) is 0 Å². The van der Waals surface area contributed by atoms with Crippen LogP contribution < -0.4 is 10.2 Å². The molecule has 1 heterocycles. The molecule has 0 aromatic heterocycles. The Bertz CT molecular complexity index is 319. The summed E-state index contributed by atoms with van der Waals surface area (Å²) in [6.45, 7) is 10.1. The highest BCUT2D eigenvalue weighted by Gasteiger charge is 2.25. The second kappa shape index (κ2) is 4.88. The molecule has 2 nitrogen and oxygen atoms in total. The Labute approximate surface area is 98.7 Å². The number of anilines is 1. The molecule has 1 aliphatic heterocycles. The average molecular weight is 218 g/mol. The van der Waals surface area contributed by atoms with Crippen molar-refractivity contribution in [3.05, 3.63) is 29.8 Å². The number of hydrogen-bond acceptors (Lipinski definition) is 2. The fraction of sp³-hybridized carbons (Fsp3) is 0.571. The van der Waals surface area contributed by atoms with Crippen molar-refractivity contribution in [2.45, 2.75) is 26.8 Å². The van der Waals surface area contributed by atoms with Crippen LogP contribution in [-0.4, -0.2) is 19.6 Å². The molecule has 2 rings (SSSR count). The summed E-state index contributed by atoms with van der Waals surface area (Å²) in [5.74, 6) is 0.850. The van der Waals surface area contributed by atoms with E-state index >= 15 is 0 Å². The quantitative estimate of drug-likeness (QED) is 0.836. The Hall–Kier alpha value is -1.02. The summed E-state index contributed by atoms with van der Waals surface area (Å²) in [5, 5.41) is 3.49. The lowest BCUT2D eigenvalue weighted by atomic mass is 9.98. The predicted octanol–water partition coefficient (Wildman–Crippen LogP) is 2.81. The van der Waals surface area contributed by atoms with E-state index in [0.29, 0.717) is 6.04 Å². The van der Waals surface area contributed by atoms with Gasteiger partial charge in [-0.3, -0.25) is 0 Å². The van der Waals surface area contributed by atoms with Crippen LogP contribution in [0.15, 0.2) is 24.3 Å². The molecule has 1 aromatic carbocycles. The molecule has 0 amide bonds. The summed E-state index contributed by atoms with van der Waals surface area (Å²) in [6, 6.07) is 9.20. The zero-order valence-electron chi connectivity index (χ0n) is 10.5. The average Bonchev–Trinajstić information content (AvgIpc) is 2.25. The van der Waals surface area contributed by atoms with Gasteiger partial charge in [-0.1, -0.05) is 32.0 Å². The number of nitrogens with one attached hydrogen (secondary N) is 1. The molecule has 0 spiro atoms. The Morgan fingerprint density at radius 3 is 2.69 bits per heavy atom. The van der Waals surface area contributed by atoms with E-state index in [1.165, 1.54) is 24.3 Å². The summed E-state index contributed by atoms with van der Waals surface area (Å²) in [7, 11) is 0. The molecular weight excluding hydrogens is 196 g/mol. The van der Waals surface area contributed by atoms with Gasteiger partial charge in [0.2, 0.25) is 0 Å². The minimum absolute atomic E-state index is 0.442. The summed E-state index contributed by atoms with van der Waals surface area (Å²) < 4.78 is 0. The van der Waals surface area contributed by atoms with Crippen molar-refractivity contribution >= 4 is 5.69 Å². The maximum atomic E-state index is 3.49.